The lowest BCUT2D eigenvalue weighted by Gasteiger charge is -2.31. The molecule has 42 heavy (non-hydrogen) atoms. The lowest BCUT2D eigenvalue weighted by Crippen LogP contribution is -2.32. The highest BCUT2D eigenvalue weighted by molar-refractivity contribution is 7.92. The van der Waals surface area contributed by atoms with Crippen LogP contribution in [0.3, 0.4) is 0 Å². The molecule has 2 aromatic heterocycles. The number of methoxy groups -OCH3 is 1. The Morgan fingerprint density at radius 2 is 1.83 bits per heavy atom. The maximum Gasteiger partial charge on any atom is 0.267 e. The predicted octanol–water partition coefficient (Wildman–Crippen LogP) is 6.26. The topological polar surface area (TPSA) is 110 Å². The highest BCUT2D eigenvalue weighted by Gasteiger charge is 2.25. The van der Waals surface area contributed by atoms with Crippen molar-refractivity contribution in [1.82, 2.24) is 19.9 Å². The molecule has 9 nitrogen and oxygen atoms in total. The number of fused-ring (bicyclic) bond motifs is 1. The van der Waals surface area contributed by atoms with Gasteiger partial charge in [-0.3, -0.25) is 4.72 Å². The number of pyridine rings is 1. The molecule has 1 saturated carbocycles. The molecule has 2 heterocycles. The van der Waals surface area contributed by atoms with E-state index in [-0.39, 0.29) is 16.5 Å². The summed E-state index contributed by atoms with van der Waals surface area (Å²) >= 11 is 5.91. The highest BCUT2D eigenvalue weighted by atomic mass is 35.5. The molecule has 0 saturated heterocycles. The summed E-state index contributed by atoms with van der Waals surface area (Å²) in [6, 6.07) is 8.36. The molecule has 5 rings (SSSR count). The van der Waals surface area contributed by atoms with Gasteiger partial charge in [0.15, 0.2) is 10.7 Å². The summed E-state index contributed by atoms with van der Waals surface area (Å²) in [4.78, 5) is 19.0. The summed E-state index contributed by atoms with van der Waals surface area (Å²) in [6.07, 6.45) is 9.01. The molecule has 220 valence electrons. The van der Waals surface area contributed by atoms with Crippen LogP contribution in [0.25, 0.3) is 22.0 Å². The molecule has 1 aliphatic rings. The van der Waals surface area contributed by atoms with E-state index in [9.17, 15) is 12.8 Å². The minimum absolute atomic E-state index is 0.0378. The first-order valence-electron chi connectivity index (χ1n) is 13.2. The third-order valence-corrected chi connectivity index (χ3v) is 8.90. The standard InChI is InChI=1S/C29H29ClF2N6O3S/c1-38(2)21-7-4-17(5-8-21)14-34-29-35-15-19-12-18(6-10-23(19)36-29)26-22(31)9-11-24(27(26)32)37-42(39,40)25-13-20(30)16-33-28(25)41-3/h6,9-17,21,37H,4-5,7-8H2,1-3H3/b34-14+. The van der Waals surface area contributed by atoms with Crippen LogP contribution >= 0.6 is 11.6 Å². The van der Waals surface area contributed by atoms with Crippen LogP contribution in [0.1, 0.15) is 25.7 Å². The fourth-order valence-corrected chi connectivity index (χ4v) is 6.46. The van der Waals surface area contributed by atoms with Crippen LogP contribution in [0.5, 0.6) is 5.88 Å². The first kappa shape index (κ1) is 29.7. The number of sulfonamides is 1. The summed E-state index contributed by atoms with van der Waals surface area (Å²) in [6.45, 7) is 0. The summed E-state index contributed by atoms with van der Waals surface area (Å²) in [5, 5.41) is 0.577. The second kappa shape index (κ2) is 12.2. The lowest BCUT2D eigenvalue weighted by molar-refractivity contribution is 0.215. The van der Waals surface area contributed by atoms with E-state index in [0.29, 0.717) is 28.8 Å². The van der Waals surface area contributed by atoms with E-state index >= 15 is 4.39 Å². The smallest absolute Gasteiger partial charge is 0.267 e. The molecule has 0 aliphatic heterocycles. The molecule has 1 N–H and O–H groups in total. The monoisotopic (exact) mass is 614 g/mol. The minimum Gasteiger partial charge on any atom is -0.480 e. The number of aliphatic imine (C=N–C) groups is 1. The third kappa shape index (κ3) is 6.35. The van der Waals surface area contributed by atoms with Crippen molar-refractivity contribution in [3.8, 4) is 17.0 Å². The van der Waals surface area contributed by atoms with Crippen molar-refractivity contribution < 1.29 is 21.9 Å². The molecule has 1 fully saturated rings. The number of nitrogens with one attached hydrogen (secondary N) is 1. The van der Waals surface area contributed by atoms with E-state index in [1.165, 1.54) is 25.4 Å². The van der Waals surface area contributed by atoms with Crippen molar-refractivity contribution in [1.29, 1.82) is 0 Å². The number of halogens is 3. The van der Waals surface area contributed by atoms with Crippen molar-refractivity contribution in [2.45, 2.75) is 36.6 Å². The zero-order chi connectivity index (χ0) is 30.0. The van der Waals surface area contributed by atoms with Crippen LogP contribution in [0, 0.1) is 17.6 Å². The van der Waals surface area contributed by atoms with Gasteiger partial charge in [0.05, 0.1) is 28.9 Å². The van der Waals surface area contributed by atoms with Crippen molar-refractivity contribution in [2.75, 3.05) is 25.9 Å². The van der Waals surface area contributed by atoms with Gasteiger partial charge in [0.1, 0.15) is 5.82 Å². The highest BCUT2D eigenvalue weighted by Crippen LogP contribution is 2.34. The number of ether oxygens (including phenoxy) is 1. The van der Waals surface area contributed by atoms with E-state index in [0.717, 1.165) is 43.9 Å². The van der Waals surface area contributed by atoms with E-state index in [2.05, 4.69) is 43.7 Å². The molecule has 0 bridgehead atoms. The normalized spacial score (nSPS) is 17.7. The molecule has 4 aromatic rings. The zero-order valence-electron chi connectivity index (χ0n) is 23.2. The second-order valence-corrected chi connectivity index (χ2v) is 12.4. The fraction of sp³-hybridized carbons (Fsp3) is 0.310. The molecule has 1 aliphatic carbocycles. The fourth-order valence-electron chi connectivity index (χ4n) is 5.03. The quantitative estimate of drug-likeness (QED) is 0.233. The Kier molecular flexibility index (Phi) is 8.67. The first-order chi connectivity index (χ1) is 20.1. The second-order valence-electron chi connectivity index (χ2n) is 10.3. The molecule has 0 atom stereocenters. The minimum atomic E-state index is -4.39. The molecule has 13 heteroatoms. The van der Waals surface area contributed by atoms with Crippen LogP contribution in [0.15, 0.2) is 58.7 Å². The van der Waals surface area contributed by atoms with E-state index in [1.807, 2.05) is 6.21 Å². The number of hydrogen-bond acceptors (Lipinski definition) is 8. The summed E-state index contributed by atoms with van der Waals surface area (Å²) in [5.74, 6) is -1.52. The number of rotatable bonds is 8. The van der Waals surface area contributed by atoms with Gasteiger partial charge in [0, 0.05) is 30.0 Å². The Labute approximate surface area is 247 Å². The van der Waals surface area contributed by atoms with Gasteiger partial charge >= 0.3 is 0 Å². The molecule has 0 spiro atoms. The Morgan fingerprint density at radius 3 is 2.55 bits per heavy atom. The summed E-state index contributed by atoms with van der Waals surface area (Å²) in [5.41, 5.74) is -0.147. The third-order valence-electron chi connectivity index (χ3n) is 7.33. The summed E-state index contributed by atoms with van der Waals surface area (Å²) in [7, 11) is 1.05. The Hall–Kier alpha value is -3.74. The zero-order valence-corrected chi connectivity index (χ0v) is 24.8. The average Bonchev–Trinajstić information content (AvgIpc) is 2.97. The van der Waals surface area contributed by atoms with Crippen molar-refractivity contribution in [3.05, 3.63) is 65.4 Å². The molecule has 0 radical (unpaired) electrons. The SMILES string of the molecule is COc1ncc(Cl)cc1S(=O)(=O)Nc1ccc(F)c(-c2ccc3nc(/N=C/C4CCC(N(C)C)CC4)ncc3c2)c1F. The van der Waals surface area contributed by atoms with Crippen LogP contribution in [-0.2, 0) is 10.0 Å². The maximum atomic E-state index is 15.6. The largest absolute Gasteiger partial charge is 0.480 e. The number of nitrogens with zero attached hydrogens (tertiary/aromatic N) is 5. The molecular formula is C29H29ClF2N6O3S. The maximum absolute atomic E-state index is 15.6. The van der Waals surface area contributed by atoms with Crippen molar-refractivity contribution in [3.63, 3.8) is 0 Å². The molecular weight excluding hydrogens is 586 g/mol. The molecule has 0 unspecified atom stereocenters. The van der Waals surface area contributed by atoms with Gasteiger partial charge < -0.3 is 9.64 Å². The number of aromatic nitrogens is 3. The molecule has 0 amide bonds. The predicted molar refractivity (Wildman–Crippen MR) is 159 cm³/mol. The van der Waals surface area contributed by atoms with Crippen LogP contribution < -0.4 is 9.46 Å². The van der Waals surface area contributed by atoms with Gasteiger partial charge in [-0.25, -0.2) is 37.1 Å². The number of hydrogen-bond donors (Lipinski definition) is 1. The van der Waals surface area contributed by atoms with Gasteiger partial charge in [0.25, 0.3) is 10.0 Å². The Balaban J connectivity index is 1.39. The lowest BCUT2D eigenvalue weighted by atomic mass is 9.86. The van der Waals surface area contributed by atoms with Crippen LogP contribution in [-0.4, -0.2) is 61.7 Å². The van der Waals surface area contributed by atoms with Crippen LogP contribution in [0.2, 0.25) is 5.02 Å². The van der Waals surface area contributed by atoms with Gasteiger partial charge in [-0.05, 0) is 81.6 Å². The van der Waals surface area contributed by atoms with Gasteiger partial charge in [-0.15, -0.1) is 0 Å². The first-order valence-corrected chi connectivity index (χ1v) is 15.1. The number of anilines is 1. The molecule has 2 aromatic carbocycles. The average molecular weight is 615 g/mol. The Bertz CT molecular complexity index is 1760. The number of benzene rings is 2. The van der Waals surface area contributed by atoms with Gasteiger partial charge in [-0.2, -0.15) is 0 Å². The van der Waals surface area contributed by atoms with Gasteiger partial charge in [0.2, 0.25) is 11.8 Å². The van der Waals surface area contributed by atoms with E-state index in [1.54, 1.807) is 12.3 Å². The van der Waals surface area contributed by atoms with Crippen molar-refractivity contribution >= 4 is 50.4 Å². The van der Waals surface area contributed by atoms with E-state index in [4.69, 9.17) is 16.3 Å². The van der Waals surface area contributed by atoms with Crippen LogP contribution in [0.4, 0.5) is 20.4 Å². The summed E-state index contributed by atoms with van der Waals surface area (Å²) < 4.78 is 63.8. The van der Waals surface area contributed by atoms with E-state index < -0.39 is 37.8 Å². The van der Waals surface area contributed by atoms with Crippen molar-refractivity contribution in [2.24, 2.45) is 10.9 Å². The van der Waals surface area contributed by atoms with Gasteiger partial charge in [-0.1, -0.05) is 17.7 Å². The Morgan fingerprint density at radius 1 is 1.07 bits per heavy atom.